The van der Waals surface area contributed by atoms with E-state index >= 15 is 0 Å². The molecule has 3 rings (SSSR count). The van der Waals surface area contributed by atoms with E-state index in [0.29, 0.717) is 17.4 Å². The van der Waals surface area contributed by atoms with Crippen molar-refractivity contribution in [2.45, 2.75) is 32.4 Å². The molecule has 0 spiro atoms. The molecule has 0 unspecified atom stereocenters. The summed E-state index contributed by atoms with van der Waals surface area (Å²) in [6.45, 7) is 2.05. The van der Waals surface area contributed by atoms with Gasteiger partial charge in [-0.1, -0.05) is 19.8 Å². The third-order valence-corrected chi connectivity index (χ3v) is 5.45. The van der Waals surface area contributed by atoms with Gasteiger partial charge >= 0.3 is 12.3 Å². The number of anilines is 2. The predicted molar refractivity (Wildman–Crippen MR) is 114 cm³/mol. The van der Waals surface area contributed by atoms with Crippen molar-refractivity contribution in [1.82, 2.24) is 4.98 Å². The zero-order valence-electron chi connectivity index (χ0n) is 17.3. The van der Waals surface area contributed by atoms with E-state index in [1.165, 1.54) is 17.5 Å². The van der Waals surface area contributed by atoms with Crippen molar-refractivity contribution in [2.75, 3.05) is 11.5 Å². The average molecular weight is 486 g/mol. The second-order valence-corrected chi connectivity index (χ2v) is 7.83. The molecule has 0 aliphatic carbocycles. The van der Waals surface area contributed by atoms with Crippen LogP contribution in [-0.2, 0) is 6.18 Å². The van der Waals surface area contributed by atoms with E-state index < -0.39 is 35.2 Å². The fourth-order valence-corrected chi connectivity index (χ4v) is 3.84. The van der Waals surface area contributed by atoms with Gasteiger partial charge in [-0.3, -0.25) is 0 Å². The predicted octanol–water partition coefficient (Wildman–Crippen LogP) is 7.49. The van der Waals surface area contributed by atoms with Gasteiger partial charge < -0.3 is 9.84 Å². The molecule has 0 aliphatic rings. The topological polar surface area (TPSA) is 62.7 Å². The van der Waals surface area contributed by atoms with Crippen LogP contribution in [0.15, 0.2) is 41.8 Å². The van der Waals surface area contributed by atoms with E-state index in [4.69, 9.17) is 4.74 Å². The number of nitrogens with zero attached hydrogens (tertiary/aromatic N) is 2. The SMILES string of the molecule is CCCCCOc1ccc(N(C(=O)O)c2nc(-c3ccc(F)c(F)c3)cs2)cc1C(F)(F)F. The van der Waals surface area contributed by atoms with Crippen LogP contribution in [0.4, 0.5) is 37.6 Å². The Morgan fingerprint density at radius 1 is 1.12 bits per heavy atom. The van der Waals surface area contributed by atoms with Crippen molar-refractivity contribution in [2.24, 2.45) is 0 Å². The van der Waals surface area contributed by atoms with Gasteiger partial charge in [0.2, 0.25) is 0 Å². The zero-order chi connectivity index (χ0) is 24.2. The number of amides is 1. The molecule has 11 heteroatoms. The van der Waals surface area contributed by atoms with Crippen LogP contribution in [0.3, 0.4) is 0 Å². The minimum atomic E-state index is -4.78. The number of ether oxygens (including phenoxy) is 1. The van der Waals surface area contributed by atoms with Crippen LogP contribution < -0.4 is 9.64 Å². The molecule has 0 aliphatic heterocycles. The van der Waals surface area contributed by atoms with Gasteiger partial charge in [0.05, 0.1) is 23.6 Å². The van der Waals surface area contributed by atoms with Gasteiger partial charge in [-0.05, 0) is 42.8 Å². The lowest BCUT2D eigenvalue weighted by Crippen LogP contribution is -2.24. The van der Waals surface area contributed by atoms with E-state index in [1.807, 2.05) is 6.92 Å². The summed E-state index contributed by atoms with van der Waals surface area (Å²) in [5.41, 5.74) is -1.07. The Labute approximate surface area is 190 Å². The number of carbonyl (C=O) groups is 1. The van der Waals surface area contributed by atoms with Crippen LogP contribution in [0.1, 0.15) is 31.7 Å². The highest BCUT2D eigenvalue weighted by molar-refractivity contribution is 7.14. The maximum atomic E-state index is 13.6. The van der Waals surface area contributed by atoms with Gasteiger partial charge in [-0.2, -0.15) is 13.2 Å². The molecule has 0 fully saturated rings. The average Bonchev–Trinajstić information content (AvgIpc) is 3.22. The van der Waals surface area contributed by atoms with Gasteiger partial charge in [0, 0.05) is 10.9 Å². The van der Waals surface area contributed by atoms with Crippen LogP contribution >= 0.6 is 11.3 Å². The quantitative estimate of drug-likeness (QED) is 0.265. The lowest BCUT2D eigenvalue weighted by atomic mass is 10.1. The first-order chi connectivity index (χ1) is 15.6. The number of rotatable bonds is 8. The number of carboxylic acid groups (broad SMARTS) is 1. The standard InChI is InChI=1S/C22H19F5N2O3S/c1-2-3-4-9-32-19-8-6-14(11-15(19)22(25,26)27)29(21(30)31)20-28-18(12-33-20)13-5-7-16(23)17(24)10-13/h5-8,10-12H,2-4,9H2,1H3,(H,30,31). The van der Waals surface area contributed by atoms with Crippen molar-refractivity contribution < 1.29 is 36.6 Å². The molecule has 3 aromatic rings. The Kier molecular flexibility index (Phi) is 7.52. The summed E-state index contributed by atoms with van der Waals surface area (Å²) in [6, 6.07) is 6.00. The largest absolute Gasteiger partial charge is 0.493 e. The highest BCUT2D eigenvalue weighted by Crippen LogP contribution is 2.41. The van der Waals surface area contributed by atoms with E-state index in [2.05, 4.69) is 4.98 Å². The third kappa shape index (κ3) is 5.78. The Morgan fingerprint density at radius 3 is 2.52 bits per heavy atom. The summed E-state index contributed by atoms with van der Waals surface area (Å²) in [7, 11) is 0. The number of hydrogen-bond donors (Lipinski definition) is 1. The number of alkyl halides is 3. The van der Waals surface area contributed by atoms with Crippen LogP contribution in [0.5, 0.6) is 5.75 Å². The van der Waals surface area contributed by atoms with Crippen LogP contribution in [0.2, 0.25) is 0 Å². The molecule has 2 aromatic carbocycles. The van der Waals surface area contributed by atoms with Crippen molar-refractivity contribution >= 4 is 28.2 Å². The van der Waals surface area contributed by atoms with Crippen LogP contribution in [-0.4, -0.2) is 22.8 Å². The maximum Gasteiger partial charge on any atom is 0.420 e. The molecule has 1 amide bonds. The van der Waals surface area contributed by atoms with E-state index in [-0.39, 0.29) is 28.7 Å². The summed E-state index contributed by atoms with van der Waals surface area (Å²) in [6.07, 6.45) is -4.08. The molecule has 1 aromatic heterocycles. The molecule has 0 radical (unpaired) electrons. The lowest BCUT2D eigenvalue weighted by molar-refractivity contribution is -0.138. The summed E-state index contributed by atoms with van der Waals surface area (Å²) < 4.78 is 72.9. The fourth-order valence-electron chi connectivity index (χ4n) is 3.00. The third-order valence-electron chi connectivity index (χ3n) is 4.62. The summed E-state index contributed by atoms with van der Waals surface area (Å²) >= 11 is 0.828. The molecule has 0 bridgehead atoms. The highest BCUT2D eigenvalue weighted by atomic mass is 32.1. The van der Waals surface area contributed by atoms with E-state index in [9.17, 15) is 31.9 Å². The molecular weight excluding hydrogens is 467 g/mol. The monoisotopic (exact) mass is 486 g/mol. The smallest absolute Gasteiger partial charge is 0.420 e. The highest BCUT2D eigenvalue weighted by Gasteiger charge is 2.36. The van der Waals surface area contributed by atoms with Gasteiger partial charge in [0.25, 0.3) is 0 Å². The van der Waals surface area contributed by atoms with Crippen LogP contribution in [0.25, 0.3) is 11.3 Å². The molecule has 176 valence electrons. The first kappa shape index (κ1) is 24.4. The second kappa shape index (κ2) is 10.2. The number of benzene rings is 2. The van der Waals surface area contributed by atoms with Gasteiger partial charge in [0.15, 0.2) is 16.8 Å². The van der Waals surface area contributed by atoms with Crippen molar-refractivity contribution in [1.29, 1.82) is 0 Å². The number of aromatic nitrogens is 1. The lowest BCUT2D eigenvalue weighted by Gasteiger charge is -2.20. The van der Waals surface area contributed by atoms with E-state index in [1.54, 1.807) is 0 Å². The molecule has 1 heterocycles. The number of thiazole rings is 1. The second-order valence-electron chi connectivity index (χ2n) is 7.00. The Balaban J connectivity index is 1.96. The minimum Gasteiger partial charge on any atom is -0.493 e. The Morgan fingerprint density at radius 2 is 1.88 bits per heavy atom. The molecule has 1 N–H and O–H groups in total. The summed E-state index contributed by atoms with van der Waals surface area (Å²) in [4.78, 5) is 16.6. The molecule has 33 heavy (non-hydrogen) atoms. The zero-order valence-corrected chi connectivity index (χ0v) is 18.1. The van der Waals surface area contributed by atoms with Crippen molar-refractivity contribution in [3.05, 3.63) is 59.0 Å². The maximum absolute atomic E-state index is 13.6. The van der Waals surface area contributed by atoms with Crippen LogP contribution in [0, 0.1) is 11.6 Å². The number of unbranched alkanes of at least 4 members (excludes halogenated alkanes) is 2. The van der Waals surface area contributed by atoms with Gasteiger partial charge in [-0.15, -0.1) is 11.3 Å². The first-order valence-electron chi connectivity index (χ1n) is 9.90. The number of hydrogen-bond acceptors (Lipinski definition) is 4. The Hall–Kier alpha value is -3.21. The molecule has 5 nitrogen and oxygen atoms in total. The fraction of sp³-hybridized carbons (Fsp3) is 0.273. The minimum absolute atomic E-state index is 0.100. The van der Waals surface area contributed by atoms with Gasteiger partial charge in [0.1, 0.15) is 5.75 Å². The van der Waals surface area contributed by atoms with Crippen molar-refractivity contribution in [3.8, 4) is 17.0 Å². The molecule has 0 saturated heterocycles. The molecule has 0 atom stereocenters. The summed E-state index contributed by atoms with van der Waals surface area (Å²) in [5.74, 6) is -2.56. The van der Waals surface area contributed by atoms with E-state index in [0.717, 1.165) is 42.4 Å². The normalized spacial score (nSPS) is 11.5. The van der Waals surface area contributed by atoms with Crippen molar-refractivity contribution in [3.63, 3.8) is 0 Å². The number of halogens is 5. The molecular formula is C22H19F5N2O3S. The Bertz CT molecular complexity index is 1130. The first-order valence-corrected chi connectivity index (χ1v) is 10.8. The molecule has 0 saturated carbocycles. The summed E-state index contributed by atoms with van der Waals surface area (Å²) in [5, 5.41) is 10.9. The van der Waals surface area contributed by atoms with Gasteiger partial charge in [-0.25, -0.2) is 23.5 Å².